The van der Waals surface area contributed by atoms with E-state index in [-0.39, 0.29) is 12.1 Å². The second-order valence-electron chi connectivity index (χ2n) is 8.30. The van der Waals surface area contributed by atoms with Crippen LogP contribution >= 0.6 is 0 Å². The number of amides is 4. The van der Waals surface area contributed by atoms with Gasteiger partial charge in [0.05, 0.1) is 0 Å². The van der Waals surface area contributed by atoms with E-state index in [0.717, 1.165) is 61.8 Å². The van der Waals surface area contributed by atoms with Gasteiger partial charge >= 0.3 is 12.1 Å². The average Bonchev–Trinajstić information content (AvgIpc) is 2.90. The fourth-order valence-electron chi connectivity index (χ4n) is 3.78. The minimum Gasteiger partial charge on any atom is -0.370 e. The summed E-state index contributed by atoms with van der Waals surface area (Å²) in [5.41, 5.74) is 3.30. The summed E-state index contributed by atoms with van der Waals surface area (Å²) in [5, 5.41) is 17.9. The van der Waals surface area contributed by atoms with Gasteiger partial charge in [-0.3, -0.25) is 9.98 Å². The molecular formula is C25H32N8O2. The van der Waals surface area contributed by atoms with Crippen LogP contribution in [-0.4, -0.2) is 63.0 Å². The summed E-state index contributed by atoms with van der Waals surface area (Å²) in [7, 11) is 0. The van der Waals surface area contributed by atoms with Crippen molar-refractivity contribution in [3.8, 4) is 0 Å². The number of hydrogen-bond acceptors (Lipinski definition) is 6. The SMILES string of the molecule is O=C(NCCCNC(=O)Nc1cccc(C2=NCCCN2)c1)Nc1cccc(C2=NCCCN2)c1. The number of nitrogens with zero attached hydrogens (tertiary/aromatic N) is 2. The Labute approximate surface area is 205 Å². The number of hydrogen-bond donors (Lipinski definition) is 6. The highest BCUT2D eigenvalue weighted by Crippen LogP contribution is 2.13. The van der Waals surface area contributed by atoms with E-state index in [1.165, 1.54) is 0 Å². The number of aliphatic imine (C=N–C) groups is 2. The molecule has 2 aromatic rings. The third kappa shape index (κ3) is 7.46. The van der Waals surface area contributed by atoms with Gasteiger partial charge < -0.3 is 31.9 Å². The molecule has 4 rings (SSSR count). The Bertz CT molecular complexity index is 1010. The lowest BCUT2D eigenvalue weighted by Crippen LogP contribution is -2.34. The molecule has 184 valence electrons. The third-order valence-electron chi connectivity index (χ3n) is 5.51. The summed E-state index contributed by atoms with van der Waals surface area (Å²) < 4.78 is 0. The summed E-state index contributed by atoms with van der Waals surface area (Å²) in [6, 6.07) is 14.6. The van der Waals surface area contributed by atoms with E-state index < -0.39 is 0 Å². The standard InChI is InChI=1S/C25H32N8O2/c34-24(32-20-8-1-6-18(16-20)22-26-10-3-11-27-22)30-14-5-15-31-25(35)33-21-9-2-7-19(17-21)23-28-12-4-13-29-23/h1-2,6-9,16-17H,3-5,10-15H2,(H,26,27)(H,28,29)(H2,30,32,34)(H2,31,33,35). The van der Waals surface area contributed by atoms with Crippen LogP contribution in [0.4, 0.5) is 21.0 Å². The molecule has 35 heavy (non-hydrogen) atoms. The molecule has 0 saturated carbocycles. The van der Waals surface area contributed by atoms with E-state index in [2.05, 4.69) is 41.9 Å². The minimum atomic E-state index is -0.291. The number of nitrogens with one attached hydrogen (secondary N) is 6. The summed E-state index contributed by atoms with van der Waals surface area (Å²) in [6.45, 7) is 4.30. The molecule has 2 aliphatic rings. The van der Waals surface area contributed by atoms with Crippen LogP contribution in [0.15, 0.2) is 58.5 Å². The van der Waals surface area contributed by atoms with Crippen molar-refractivity contribution in [2.75, 3.05) is 49.9 Å². The van der Waals surface area contributed by atoms with E-state index >= 15 is 0 Å². The lowest BCUT2D eigenvalue weighted by molar-refractivity contribution is 0.251. The zero-order chi connectivity index (χ0) is 24.3. The van der Waals surface area contributed by atoms with Gasteiger partial charge in [-0.2, -0.15) is 0 Å². The van der Waals surface area contributed by atoms with Crippen molar-refractivity contribution in [2.45, 2.75) is 19.3 Å². The Morgan fingerprint density at radius 3 is 1.66 bits per heavy atom. The van der Waals surface area contributed by atoms with Crippen molar-refractivity contribution >= 4 is 35.1 Å². The Kier molecular flexibility index (Phi) is 8.52. The highest BCUT2D eigenvalue weighted by molar-refractivity contribution is 6.01. The summed E-state index contributed by atoms with van der Waals surface area (Å²) in [5.74, 6) is 1.71. The number of anilines is 2. The maximum Gasteiger partial charge on any atom is 0.319 e. The molecule has 0 unspecified atom stereocenters. The van der Waals surface area contributed by atoms with Gasteiger partial charge in [0.25, 0.3) is 0 Å². The second-order valence-corrected chi connectivity index (χ2v) is 8.30. The Hall–Kier alpha value is -4.08. The van der Waals surface area contributed by atoms with Crippen molar-refractivity contribution in [1.29, 1.82) is 0 Å². The highest BCUT2D eigenvalue weighted by Gasteiger charge is 2.10. The van der Waals surface area contributed by atoms with Crippen molar-refractivity contribution < 1.29 is 9.59 Å². The average molecular weight is 477 g/mol. The van der Waals surface area contributed by atoms with E-state index in [0.29, 0.717) is 30.9 Å². The Balaban J connectivity index is 1.14. The molecule has 2 aromatic carbocycles. The predicted octanol–water partition coefficient (Wildman–Crippen LogP) is 2.50. The molecule has 0 aromatic heterocycles. The van der Waals surface area contributed by atoms with E-state index in [4.69, 9.17) is 0 Å². The van der Waals surface area contributed by atoms with Gasteiger partial charge in [-0.25, -0.2) is 9.59 Å². The van der Waals surface area contributed by atoms with Crippen molar-refractivity contribution in [3.63, 3.8) is 0 Å². The third-order valence-corrected chi connectivity index (χ3v) is 5.51. The molecule has 0 saturated heterocycles. The van der Waals surface area contributed by atoms with Crippen LogP contribution in [0.3, 0.4) is 0 Å². The van der Waals surface area contributed by atoms with Crippen LogP contribution in [0.25, 0.3) is 0 Å². The number of carbonyl (C=O) groups is 2. The molecule has 0 bridgehead atoms. The minimum absolute atomic E-state index is 0.291. The van der Waals surface area contributed by atoms with Crippen LogP contribution in [0.5, 0.6) is 0 Å². The number of rotatable bonds is 8. The molecule has 0 radical (unpaired) electrons. The summed E-state index contributed by atoms with van der Waals surface area (Å²) >= 11 is 0. The monoisotopic (exact) mass is 476 g/mol. The van der Waals surface area contributed by atoms with Gasteiger partial charge in [0.1, 0.15) is 11.7 Å². The second kappa shape index (κ2) is 12.4. The quantitative estimate of drug-likeness (QED) is 0.327. The van der Waals surface area contributed by atoms with E-state index in [9.17, 15) is 9.59 Å². The highest BCUT2D eigenvalue weighted by atomic mass is 16.2. The maximum atomic E-state index is 12.2. The largest absolute Gasteiger partial charge is 0.370 e. The van der Waals surface area contributed by atoms with Gasteiger partial charge in [-0.1, -0.05) is 24.3 Å². The van der Waals surface area contributed by atoms with Crippen LogP contribution in [0.2, 0.25) is 0 Å². The zero-order valence-electron chi connectivity index (χ0n) is 19.7. The molecule has 0 atom stereocenters. The molecule has 0 aliphatic carbocycles. The summed E-state index contributed by atoms with van der Waals surface area (Å²) in [6.07, 6.45) is 2.66. The topological polar surface area (TPSA) is 131 Å². The van der Waals surface area contributed by atoms with E-state index in [1.807, 2.05) is 48.5 Å². The summed E-state index contributed by atoms with van der Waals surface area (Å²) in [4.78, 5) is 33.4. The molecule has 0 fully saturated rings. The smallest absolute Gasteiger partial charge is 0.319 e. The van der Waals surface area contributed by atoms with Crippen LogP contribution < -0.4 is 31.9 Å². The molecule has 0 spiro atoms. The normalized spacial score (nSPS) is 15.0. The van der Waals surface area contributed by atoms with Crippen molar-refractivity contribution in [3.05, 3.63) is 59.7 Å². The Morgan fingerprint density at radius 2 is 1.23 bits per heavy atom. The molecule has 10 nitrogen and oxygen atoms in total. The maximum absolute atomic E-state index is 12.2. The van der Waals surface area contributed by atoms with Gasteiger partial charge in [-0.05, 0) is 43.5 Å². The number of urea groups is 2. The van der Waals surface area contributed by atoms with Crippen molar-refractivity contribution in [2.24, 2.45) is 9.98 Å². The first kappa shape index (κ1) is 24.1. The number of amidine groups is 2. The fraction of sp³-hybridized carbons (Fsp3) is 0.360. The molecule has 2 aliphatic heterocycles. The van der Waals surface area contributed by atoms with Gasteiger partial charge in [0, 0.05) is 61.8 Å². The lowest BCUT2D eigenvalue weighted by atomic mass is 10.1. The Morgan fingerprint density at radius 1 is 0.743 bits per heavy atom. The van der Waals surface area contributed by atoms with Gasteiger partial charge in [0.15, 0.2) is 0 Å². The molecule has 10 heteroatoms. The molecule has 6 N–H and O–H groups in total. The molecule has 2 heterocycles. The fourth-order valence-corrected chi connectivity index (χ4v) is 3.78. The lowest BCUT2D eigenvalue weighted by Gasteiger charge is -2.16. The van der Waals surface area contributed by atoms with Crippen molar-refractivity contribution in [1.82, 2.24) is 21.3 Å². The first-order valence-electron chi connectivity index (χ1n) is 12.0. The van der Waals surface area contributed by atoms with E-state index in [1.54, 1.807) is 0 Å². The van der Waals surface area contributed by atoms with Crippen LogP contribution in [0, 0.1) is 0 Å². The van der Waals surface area contributed by atoms with Crippen LogP contribution in [0.1, 0.15) is 30.4 Å². The molecular weight excluding hydrogens is 444 g/mol. The molecule has 4 amide bonds. The first-order chi connectivity index (χ1) is 17.2. The number of benzene rings is 2. The van der Waals surface area contributed by atoms with Gasteiger partial charge in [0.2, 0.25) is 0 Å². The number of carbonyl (C=O) groups excluding carboxylic acids is 2. The predicted molar refractivity (Wildman–Crippen MR) is 140 cm³/mol. The van der Waals surface area contributed by atoms with Gasteiger partial charge in [-0.15, -0.1) is 0 Å². The van der Waals surface area contributed by atoms with Crippen LogP contribution in [-0.2, 0) is 0 Å². The zero-order valence-corrected chi connectivity index (χ0v) is 19.7. The first-order valence-corrected chi connectivity index (χ1v) is 12.0.